The Kier molecular flexibility index (Phi) is 5.99. The van der Waals surface area contributed by atoms with Crippen LogP contribution in [0.2, 0.25) is 5.02 Å². The number of aromatic nitrogens is 1. The van der Waals surface area contributed by atoms with Crippen LogP contribution in [-0.2, 0) is 0 Å². The van der Waals surface area contributed by atoms with Crippen molar-refractivity contribution in [1.82, 2.24) is 4.98 Å². The molecule has 0 saturated heterocycles. The lowest BCUT2D eigenvalue weighted by Crippen LogP contribution is -2.18. The predicted octanol–water partition coefficient (Wildman–Crippen LogP) is 6.95. The van der Waals surface area contributed by atoms with Gasteiger partial charge in [0.2, 0.25) is 0 Å². The number of aromatic amines is 1. The molecule has 1 heterocycles. The lowest BCUT2D eigenvalue weighted by atomic mass is 10.0. The molecule has 0 aliphatic heterocycles. The molecule has 8 heteroatoms. The Morgan fingerprint density at radius 3 is 2.09 bits per heavy atom. The van der Waals surface area contributed by atoms with Crippen LogP contribution in [0, 0.1) is 6.92 Å². The highest BCUT2D eigenvalue weighted by molar-refractivity contribution is 6.32. The first-order chi connectivity index (χ1) is 15.6. The molecule has 33 heavy (non-hydrogen) atoms. The fourth-order valence-corrected chi connectivity index (χ4v) is 3.77. The molecule has 0 aliphatic carbocycles. The maximum atomic E-state index is 13.2. The Balaban J connectivity index is 1.60. The van der Waals surface area contributed by atoms with Gasteiger partial charge in [0.25, 0.3) is 0 Å². The maximum absolute atomic E-state index is 13.2. The highest BCUT2D eigenvalue weighted by atomic mass is 35.5. The van der Waals surface area contributed by atoms with E-state index < -0.39 is 6.11 Å². The Bertz CT molecular complexity index is 1360. The van der Waals surface area contributed by atoms with Crippen LogP contribution in [-0.4, -0.2) is 18.2 Å². The average molecular weight is 472 g/mol. The predicted molar refractivity (Wildman–Crippen MR) is 124 cm³/mol. The zero-order chi connectivity index (χ0) is 23.8. The highest BCUT2D eigenvalue weighted by Crippen LogP contribution is 2.31. The van der Waals surface area contributed by atoms with Crippen LogP contribution in [0.5, 0.6) is 23.0 Å². The van der Waals surface area contributed by atoms with Crippen molar-refractivity contribution in [3.05, 3.63) is 81.6 Å². The van der Waals surface area contributed by atoms with Crippen LogP contribution in [0.4, 0.5) is 8.78 Å². The standard InChI is InChI=1S/C25H20ClF2NO4/c1-14-23(24(30)19-12-20(26)22(31-3)13-21(19)29-14)15-4-6-16(7-5-15)32-17-8-10-18(11-9-17)33-25(2,27)28/h4-13H,1-3H3,(H,29,30). The van der Waals surface area contributed by atoms with Crippen molar-refractivity contribution >= 4 is 22.5 Å². The number of hydrogen-bond acceptors (Lipinski definition) is 4. The normalized spacial score (nSPS) is 11.5. The third kappa shape index (κ3) is 4.93. The van der Waals surface area contributed by atoms with Crippen molar-refractivity contribution in [3.63, 3.8) is 0 Å². The molecule has 3 aromatic carbocycles. The molecule has 4 aromatic rings. The summed E-state index contributed by atoms with van der Waals surface area (Å²) in [7, 11) is 1.52. The number of hydrogen-bond donors (Lipinski definition) is 1. The number of nitrogens with one attached hydrogen (secondary N) is 1. The number of pyridine rings is 1. The minimum atomic E-state index is -3.26. The van der Waals surface area contributed by atoms with Gasteiger partial charge in [0.05, 0.1) is 17.6 Å². The summed E-state index contributed by atoms with van der Waals surface area (Å²) >= 11 is 6.21. The Labute approximate surface area is 193 Å². The molecule has 0 unspecified atom stereocenters. The number of halogens is 3. The van der Waals surface area contributed by atoms with Gasteiger partial charge < -0.3 is 19.2 Å². The molecular weight excluding hydrogens is 452 g/mol. The molecule has 0 spiro atoms. The Morgan fingerprint density at radius 2 is 1.52 bits per heavy atom. The molecule has 0 atom stereocenters. The van der Waals surface area contributed by atoms with Crippen molar-refractivity contribution < 1.29 is 23.0 Å². The minimum absolute atomic E-state index is 0.0360. The van der Waals surface area contributed by atoms with E-state index in [1.165, 1.54) is 31.4 Å². The highest BCUT2D eigenvalue weighted by Gasteiger charge is 2.23. The first-order valence-electron chi connectivity index (χ1n) is 10.00. The number of rotatable bonds is 6. The second kappa shape index (κ2) is 8.75. The Hall–Kier alpha value is -3.58. The molecule has 1 aromatic heterocycles. The number of alkyl halides is 2. The van der Waals surface area contributed by atoms with Gasteiger partial charge in [0, 0.05) is 29.6 Å². The zero-order valence-electron chi connectivity index (χ0n) is 18.0. The Morgan fingerprint density at radius 1 is 0.939 bits per heavy atom. The summed E-state index contributed by atoms with van der Waals surface area (Å²) < 4.78 is 41.4. The largest absolute Gasteiger partial charge is 0.495 e. The molecule has 170 valence electrons. The van der Waals surface area contributed by atoms with Gasteiger partial charge in [-0.05, 0) is 55.0 Å². The van der Waals surface area contributed by atoms with E-state index in [4.69, 9.17) is 21.1 Å². The minimum Gasteiger partial charge on any atom is -0.495 e. The molecule has 0 saturated carbocycles. The summed E-state index contributed by atoms with van der Waals surface area (Å²) in [5.41, 5.74) is 2.42. The van der Waals surface area contributed by atoms with E-state index in [0.29, 0.717) is 56.9 Å². The average Bonchev–Trinajstić information content (AvgIpc) is 2.75. The SMILES string of the molecule is COc1cc2[nH]c(C)c(-c3ccc(Oc4ccc(OC(C)(F)F)cc4)cc3)c(=O)c2cc1Cl. The van der Waals surface area contributed by atoms with E-state index in [-0.39, 0.29) is 11.2 Å². The van der Waals surface area contributed by atoms with Crippen LogP contribution in [0.1, 0.15) is 12.6 Å². The van der Waals surface area contributed by atoms with Crippen molar-refractivity contribution in [2.24, 2.45) is 0 Å². The number of ether oxygens (including phenoxy) is 3. The van der Waals surface area contributed by atoms with Crippen LogP contribution in [0.15, 0.2) is 65.5 Å². The number of methoxy groups -OCH3 is 1. The van der Waals surface area contributed by atoms with Gasteiger partial charge in [-0.3, -0.25) is 4.79 Å². The van der Waals surface area contributed by atoms with Gasteiger partial charge in [-0.15, -0.1) is 0 Å². The molecule has 4 rings (SSSR count). The number of benzene rings is 3. The van der Waals surface area contributed by atoms with E-state index >= 15 is 0 Å². The third-order valence-electron chi connectivity index (χ3n) is 4.96. The van der Waals surface area contributed by atoms with Crippen molar-refractivity contribution in [2.75, 3.05) is 7.11 Å². The van der Waals surface area contributed by atoms with Gasteiger partial charge in [-0.2, -0.15) is 8.78 Å². The lowest BCUT2D eigenvalue weighted by Gasteiger charge is -2.13. The third-order valence-corrected chi connectivity index (χ3v) is 5.26. The summed E-state index contributed by atoms with van der Waals surface area (Å²) in [5, 5.41) is 0.815. The number of fused-ring (bicyclic) bond motifs is 1. The molecule has 1 N–H and O–H groups in total. The van der Waals surface area contributed by atoms with Crippen LogP contribution >= 0.6 is 11.6 Å². The molecule has 0 radical (unpaired) electrons. The molecule has 0 aliphatic rings. The summed E-state index contributed by atoms with van der Waals surface area (Å²) in [6, 6.07) is 16.2. The van der Waals surface area contributed by atoms with Crippen LogP contribution in [0.25, 0.3) is 22.0 Å². The monoisotopic (exact) mass is 471 g/mol. The van der Waals surface area contributed by atoms with Gasteiger partial charge in [-0.1, -0.05) is 23.7 Å². The molecule has 5 nitrogen and oxygen atoms in total. The summed E-state index contributed by atoms with van der Waals surface area (Å²) in [6.07, 6.45) is -3.26. The van der Waals surface area contributed by atoms with Gasteiger partial charge in [0.1, 0.15) is 23.0 Å². The van der Waals surface area contributed by atoms with Crippen LogP contribution < -0.4 is 19.6 Å². The lowest BCUT2D eigenvalue weighted by molar-refractivity contribution is -0.158. The summed E-state index contributed by atoms with van der Waals surface area (Å²) in [5.74, 6) is 1.50. The van der Waals surface area contributed by atoms with E-state index in [1.54, 1.807) is 36.4 Å². The molecule has 0 fully saturated rings. The van der Waals surface area contributed by atoms with Gasteiger partial charge >= 0.3 is 6.11 Å². The van der Waals surface area contributed by atoms with E-state index in [2.05, 4.69) is 9.72 Å². The fraction of sp³-hybridized carbons (Fsp3) is 0.160. The second-order valence-corrected chi connectivity index (χ2v) is 7.90. The quantitative estimate of drug-likeness (QED) is 0.330. The molecule has 0 amide bonds. The topological polar surface area (TPSA) is 60.6 Å². The van der Waals surface area contributed by atoms with Gasteiger partial charge in [-0.25, -0.2) is 0 Å². The van der Waals surface area contributed by atoms with Crippen molar-refractivity contribution in [3.8, 4) is 34.1 Å². The first kappa shape index (κ1) is 22.6. The second-order valence-electron chi connectivity index (χ2n) is 7.49. The van der Waals surface area contributed by atoms with Crippen molar-refractivity contribution in [1.29, 1.82) is 0 Å². The van der Waals surface area contributed by atoms with Crippen LogP contribution in [0.3, 0.4) is 0 Å². The fourth-order valence-electron chi connectivity index (χ4n) is 3.53. The summed E-state index contributed by atoms with van der Waals surface area (Å²) in [4.78, 5) is 16.4. The number of aryl methyl sites for hydroxylation is 1. The van der Waals surface area contributed by atoms with E-state index in [9.17, 15) is 13.6 Å². The van der Waals surface area contributed by atoms with E-state index in [0.717, 1.165) is 0 Å². The van der Waals surface area contributed by atoms with Crippen molar-refractivity contribution in [2.45, 2.75) is 20.0 Å². The zero-order valence-corrected chi connectivity index (χ0v) is 18.8. The summed E-state index contributed by atoms with van der Waals surface area (Å²) in [6.45, 7) is 2.50. The molecular formula is C25H20ClF2NO4. The molecule has 0 bridgehead atoms. The van der Waals surface area contributed by atoms with E-state index in [1.807, 2.05) is 6.92 Å². The smallest absolute Gasteiger partial charge is 0.394 e. The number of H-pyrrole nitrogens is 1. The van der Waals surface area contributed by atoms with Gasteiger partial charge in [0.15, 0.2) is 5.43 Å². The first-order valence-corrected chi connectivity index (χ1v) is 10.4. The maximum Gasteiger partial charge on any atom is 0.394 e.